The third kappa shape index (κ3) is 1.46. The molecule has 14 heavy (non-hydrogen) atoms. The highest BCUT2D eigenvalue weighted by molar-refractivity contribution is 6.18. The van der Waals surface area contributed by atoms with Gasteiger partial charge in [0.05, 0.1) is 6.20 Å². The van der Waals surface area contributed by atoms with E-state index in [-0.39, 0.29) is 5.41 Å². The van der Waals surface area contributed by atoms with Crippen LogP contribution in [-0.4, -0.2) is 19.0 Å². The van der Waals surface area contributed by atoms with Crippen LogP contribution in [0, 0.1) is 0 Å². The maximum absolute atomic E-state index is 5.86. The zero-order valence-corrected chi connectivity index (χ0v) is 9.08. The van der Waals surface area contributed by atoms with E-state index in [1.807, 2.05) is 0 Å². The van der Waals surface area contributed by atoms with Gasteiger partial charge < -0.3 is 0 Å². The van der Waals surface area contributed by atoms with E-state index in [0.717, 1.165) is 5.82 Å². The SMILES string of the molecule is CC(C)(C)c1ncc2ncn(Cl)c2n1. The lowest BCUT2D eigenvalue weighted by Gasteiger charge is -2.15. The topological polar surface area (TPSA) is 43.6 Å². The van der Waals surface area contributed by atoms with Gasteiger partial charge in [-0.2, -0.15) is 0 Å². The summed E-state index contributed by atoms with van der Waals surface area (Å²) in [5.74, 6) is 0.771. The number of aromatic nitrogens is 4. The van der Waals surface area contributed by atoms with Crippen LogP contribution in [0.3, 0.4) is 0 Å². The predicted molar refractivity (Wildman–Crippen MR) is 55.3 cm³/mol. The molecule has 0 N–H and O–H groups in total. The average Bonchev–Trinajstić information content (AvgIpc) is 2.46. The molecule has 0 aliphatic rings. The highest BCUT2D eigenvalue weighted by Gasteiger charge is 2.18. The second kappa shape index (κ2) is 2.92. The highest BCUT2D eigenvalue weighted by Crippen LogP contribution is 2.20. The van der Waals surface area contributed by atoms with Crippen LogP contribution in [0.25, 0.3) is 11.2 Å². The van der Waals surface area contributed by atoms with Crippen LogP contribution in [0.15, 0.2) is 12.5 Å². The van der Waals surface area contributed by atoms with Gasteiger partial charge in [-0.05, 0) is 0 Å². The Morgan fingerprint density at radius 2 is 2.00 bits per heavy atom. The van der Waals surface area contributed by atoms with Gasteiger partial charge in [0.1, 0.15) is 17.7 Å². The molecule has 0 saturated carbocycles. The van der Waals surface area contributed by atoms with Gasteiger partial charge in [-0.15, -0.1) is 0 Å². The minimum absolute atomic E-state index is 0.0741. The van der Waals surface area contributed by atoms with E-state index >= 15 is 0 Å². The van der Waals surface area contributed by atoms with Crippen LogP contribution in [-0.2, 0) is 5.41 Å². The fourth-order valence-corrected chi connectivity index (χ4v) is 1.31. The average molecular weight is 211 g/mol. The monoisotopic (exact) mass is 210 g/mol. The molecule has 0 spiro atoms. The van der Waals surface area contributed by atoms with Crippen LogP contribution in [0.4, 0.5) is 0 Å². The van der Waals surface area contributed by atoms with Crippen molar-refractivity contribution in [2.45, 2.75) is 26.2 Å². The van der Waals surface area contributed by atoms with Crippen molar-refractivity contribution in [1.29, 1.82) is 0 Å². The number of nitrogens with zero attached hydrogens (tertiary/aromatic N) is 4. The second-order valence-corrected chi connectivity index (χ2v) is 4.57. The maximum atomic E-state index is 5.86. The van der Waals surface area contributed by atoms with Gasteiger partial charge >= 0.3 is 0 Å². The van der Waals surface area contributed by atoms with E-state index < -0.39 is 0 Å². The molecule has 0 aliphatic heterocycles. The Bertz CT molecular complexity index is 469. The van der Waals surface area contributed by atoms with Crippen LogP contribution in [0.2, 0.25) is 0 Å². The summed E-state index contributed by atoms with van der Waals surface area (Å²) in [7, 11) is 0. The molecule has 0 bridgehead atoms. The molecular weight excluding hydrogens is 200 g/mol. The Labute approximate surface area is 87.1 Å². The van der Waals surface area contributed by atoms with Crippen LogP contribution >= 0.6 is 11.8 Å². The summed E-state index contributed by atoms with van der Waals surface area (Å²) in [6.45, 7) is 6.18. The summed E-state index contributed by atoms with van der Waals surface area (Å²) in [6, 6.07) is 0. The number of hydrogen-bond donors (Lipinski definition) is 0. The predicted octanol–water partition coefficient (Wildman–Crippen LogP) is 2.13. The van der Waals surface area contributed by atoms with E-state index in [0.29, 0.717) is 11.2 Å². The third-order valence-corrected chi connectivity index (χ3v) is 2.17. The summed E-state index contributed by atoms with van der Waals surface area (Å²) in [4.78, 5) is 12.7. The molecule has 5 heteroatoms. The summed E-state index contributed by atoms with van der Waals surface area (Å²) >= 11 is 5.86. The Balaban J connectivity index is 2.66. The summed E-state index contributed by atoms with van der Waals surface area (Å²) < 4.78 is 1.38. The van der Waals surface area contributed by atoms with Gasteiger partial charge in [0.2, 0.25) is 0 Å². The summed E-state index contributed by atoms with van der Waals surface area (Å²) in [6.07, 6.45) is 3.22. The van der Waals surface area contributed by atoms with Crippen molar-refractivity contribution in [3.8, 4) is 0 Å². The molecule has 0 aliphatic carbocycles. The van der Waals surface area contributed by atoms with Gasteiger partial charge in [0.15, 0.2) is 5.65 Å². The molecule has 0 unspecified atom stereocenters. The Morgan fingerprint density at radius 1 is 1.29 bits per heavy atom. The van der Waals surface area contributed by atoms with Gasteiger partial charge in [0, 0.05) is 17.2 Å². The van der Waals surface area contributed by atoms with Crippen molar-refractivity contribution in [2.24, 2.45) is 0 Å². The lowest BCUT2D eigenvalue weighted by atomic mass is 9.96. The molecule has 4 nitrogen and oxygen atoms in total. The van der Waals surface area contributed by atoms with Crippen molar-refractivity contribution in [3.05, 3.63) is 18.3 Å². The maximum Gasteiger partial charge on any atom is 0.178 e. The second-order valence-electron chi connectivity index (χ2n) is 4.21. The fraction of sp³-hybridized carbons (Fsp3) is 0.444. The minimum atomic E-state index is -0.0741. The van der Waals surface area contributed by atoms with E-state index in [9.17, 15) is 0 Å². The van der Waals surface area contributed by atoms with Crippen molar-refractivity contribution in [3.63, 3.8) is 0 Å². The molecule has 2 heterocycles. The first-order valence-electron chi connectivity index (χ1n) is 4.35. The molecule has 0 aromatic carbocycles. The van der Waals surface area contributed by atoms with E-state index in [2.05, 4.69) is 35.7 Å². The number of hydrogen-bond acceptors (Lipinski definition) is 3. The Morgan fingerprint density at radius 3 is 2.64 bits per heavy atom. The Kier molecular flexibility index (Phi) is 1.96. The normalized spacial score (nSPS) is 12.3. The summed E-state index contributed by atoms with van der Waals surface area (Å²) in [5.41, 5.74) is 1.30. The number of imidazole rings is 1. The smallest absolute Gasteiger partial charge is 0.178 e. The first kappa shape index (κ1) is 9.40. The van der Waals surface area contributed by atoms with Crippen molar-refractivity contribution in [1.82, 2.24) is 19.0 Å². The molecular formula is C9H11ClN4. The summed E-state index contributed by atoms with van der Waals surface area (Å²) in [5, 5.41) is 0. The third-order valence-electron chi connectivity index (χ3n) is 1.92. The minimum Gasteiger partial charge on any atom is -0.238 e. The largest absolute Gasteiger partial charge is 0.238 e. The quantitative estimate of drug-likeness (QED) is 0.669. The fourth-order valence-electron chi connectivity index (χ4n) is 1.14. The molecule has 74 valence electrons. The molecule has 0 atom stereocenters. The zero-order valence-electron chi connectivity index (χ0n) is 8.32. The van der Waals surface area contributed by atoms with Gasteiger partial charge in [-0.1, -0.05) is 20.8 Å². The zero-order chi connectivity index (χ0) is 10.3. The van der Waals surface area contributed by atoms with E-state index in [1.165, 1.54) is 10.4 Å². The molecule has 0 fully saturated rings. The van der Waals surface area contributed by atoms with Crippen molar-refractivity contribution >= 4 is 22.9 Å². The first-order valence-corrected chi connectivity index (χ1v) is 4.69. The standard InChI is InChI=1S/C9H11ClN4/c1-9(2,3)8-11-4-6-7(13-8)14(10)5-12-6/h4-5H,1-3H3. The van der Waals surface area contributed by atoms with Crippen molar-refractivity contribution < 1.29 is 0 Å². The van der Waals surface area contributed by atoms with Crippen LogP contribution < -0.4 is 0 Å². The highest BCUT2D eigenvalue weighted by atomic mass is 35.5. The number of halogens is 1. The van der Waals surface area contributed by atoms with Crippen molar-refractivity contribution in [2.75, 3.05) is 0 Å². The van der Waals surface area contributed by atoms with E-state index in [4.69, 9.17) is 11.8 Å². The first-order chi connectivity index (χ1) is 6.48. The lowest BCUT2D eigenvalue weighted by molar-refractivity contribution is 0.547. The molecule has 2 rings (SSSR count). The molecule has 2 aromatic heterocycles. The van der Waals surface area contributed by atoms with Gasteiger partial charge in [-0.25, -0.2) is 19.0 Å². The molecule has 0 amide bonds. The molecule has 0 radical (unpaired) electrons. The number of fused-ring (bicyclic) bond motifs is 1. The van der Waals surface area contributed by atoms with Crippen LogP contribution in [0.5, 0.6) is 0 Å². The lowest BCUT2D eigenvalue weighted by Crippen LogP contribution is -2.15. The molecule has 0 saturated heterocycles. The Hall–Kier alpha value is -1.16. The van der Waals surface area contributed by atoms with Gasteiger partial charge in [0.25, 0.3) is 0 Å². The van der Waals surface area contributed by atoms with Gasteiger partial charge in [-0.3, -0.25) is 0 Å². The van der Waals surface area contributed by atoms with Crippen LogP contribution in [0.1, 0.15) is 26.6 Å². The molecule has 2 aromatic rings. The number of rotatable bonds is 0. The van der Waals surface area contributed by atoms with E-state index in [1.54, 1.807) is 6.20 Å².